The van der Waals surface area contributed by atoms with Gasteiger partial charge in [-0.3, -0.25) is 9.36 Å². The van der Waals surface area contributed by atoms with Gasteiger partial charge in [0.1, 0.15) is 0 Å². The molecule has 37 heavy (non-hydrogen) atoms. The van der Waals surface area contributed by atoms with Crippen LogP contribution >= 0.6 is 11.3 Å². The number of carbonyl (C=O) groups excluding carboxylic acids is 1. The summed E-state index contributed by atoms with van der Waals surface area (Å²) in [5, 5.41) is 10.6. The van der Waals surface area contributed by atoms with Crippen LogP contribution in [-0.4, -0.2) is 29.4 Å². The molecule has 0 spiro atoms. The quantitative estimate of drug-likeness (QED) is 0.444. The predicted octanol–water partition coefficient (Wildman–Crippen LogP) is 4.42. The van der Waals surface area contributed by atoms with Crippen molar-refractivity contribution in [1.82, 2.24) is 4.57 Å². The molecule has 0 amide bonds. The molecule has 1 aliphatic heterocycles. The van der Waals surface area contributed by atoms with Crippen molar-refractivity contribution in [3.8, 4) is 11.5 Å². The van der Waals surface area contributed by atoms with Crippen LogP contribution < -0.4 is 19.6 Å². The number of hydrogen-bond donors (Lipinski definition) is 1. The zero-order valence-electron chi connectivity index (χ0n) is 21.8. The molecule has 194 valence electrons. The first-order valence-corrected chi connectivity index (χ1v) is 13.3. The summed E-state index contributed by atoms with van der Waals surface area (Å²) >= 11 is 1.23. The molecule has 1 atom stereocenters. The number of hydrogen-bond acceptors (Lipinski definition) is 7. The molecular weight excluding hydrogens is 488 g/mol. The second kappa shape index (κ2) is 11.2. The van der Waals surface area contributed by atoms with E-state index in [2.05, 4.69) is 13.8 Å². The minimum absolute atomic E-state index is 0.0458. The fourth-order valence-corrected chi connectivity index (χ4v) is 5.47. The van der Waals surface area contributed by atoms with E-state index in [-0.39, 0.29) is 17.9 Å². The first kappa shape index (κ1) is 26.4. The highest BCUT2D eigenvalue weighted by Gasteiger charge is 2.34. The molecule has 0 saturated carbocycles. The van der Waals surface area contributed by atoms with Crippen LogP contribution in [-0.2, 0) is 9.53 Å². The third-order valence-corrected chi connectivity index (χ3v) is 7.33. The molecule has 3 aromatic rings. The van der Waals surface area contributed by atoms with Gasteiger partial charge in [-0.2, -0.15) is 0 Å². The van der Waals surface area contributed by atoms with Crippen molar-refractivity contribution in [1.29, 1.82) is 0 Å². The Kier molecular flexibility index (Phi) is 7.97. The molecule has 0 radical (unpaired) electrons. The van der Waals surface area contributed by atoms with E-state index in [1.807, 2.05) is 31.2 Å². The van der Waals surface area contributed by atoms with Crippen LogP contribution in [0.5, 0.6) is 11.5 Å². The van der Waals surface area contributed by atoms with Gasteiger partial charge in [0.05, 0.1) is 35.6 Å². The molecule has 0 saturated heterocycles. The fraction of sp³-hybridized carbons (Fsp3) is 0.345. The number of methoxy groups -OCH3 is 1. The summed E-state index contributed by atoms with van der Waals surface area (Å²) in [5.41, 5.74) is 3.18. The molecular formula is C29H32N2O5S. The van der Waals surface area contributed by atoms with Crippen LogP contribution in [0.3, 0.4) is 0 Å². The van der Waals surface area contributed by atoms with E-state index in [4.69, 9.17) is 14.5 Å². The Balaban J connectivity index is 1.99. The average molecular weight is 521 g/mol. The lowest BCUT2D eigenvalue weighted by molar-refractivity contribution is -0.139. The van der Waals surface area contributed by atoms with Crippen molar-refractivity contribution in [2.75, 3.05) is 13.7 Å². The van der Waals surface area contributed by atoms with Crippen LogP contribution in [0.15, 0.2) is 63.5 Å². The van der Waals surface area contributed by atoms with Crippen LogP contribution in [0.25, 0.3) is 6.08 Å². The third-order valence-electron chi connectivity index (χ3n) is 6.35. The summed E-state index contributed by atoms with van der Waals surface area (Å²) in [6, 6.07) is 12.5. The Bertz CT molecular complexity index is 1510. The Morgan fingerprint density at radius 3 is 2.54 bits per heavy atom. The number of carbonyl (C=O) groups is 1. The molecule has 0 fully saturated rings. The topological polar surface area (TPSA) is 90.1 Å². The lowest BCUT2D eigenvalue weighted by Crippen LogP contribution is -2.40. The van der Waals surface area contributed by atoms with Gasteiger partial charge >= 0.3 is 5.97 Å². The van der Waals surface area contributed by atoms with Crippen molar-refractivity contribution in [3.05, 3.63) is 90.1 Å². The Morgan fingerprint density at radius 1 is 1.19 bits per heavy atom. The fourth-order valence-electron chi connectivity index (χ4n) is 4.46. The number of allylic oxidation sites excluding steroid dienone is 1. The summed E-state index contributed by atoms with van der Waals surface area (Å²) in [5.74, 6) is 0.157. The first-order chi connectivity index (χ1) is 17.8. The number of nitrogens with zero attached hydrogens (tertiary/aromatic N) is 2. The summed E-state index contributed by atoms with van der Waals surface area (Å²) in [6.45, 7) is 8.25. The van der Waals surface area contributed by atoms with E-state index >= 15 is 0 Å². The van der Waals surface area contributed by atoms with Gasteiger partial charge in [-0.15, -0.1) is 0 Å². The van der Waals surface area contributed by atoms with Crippen LogP contribution in [0.1, 0.15) is 69.2 Å². The van der Waals surface area contributed by atoms with E-state index in [1.165, 1.54) is 24.0 Å². The van der Waals surface area contributed by atoms with Gasteiger partial charge in [0.2, 0.25) is 0 Å². The maximum atomic E-state index is 13.8. The maximum absolute atomic E-state index is 13.8. The second-order valence-corrected chi connectivity index (χ2v) is 10.1. The Morgan fingerprint density at radius 2 is 1.92 bits per heavy atom. The maximum Gasteiger partial charge on any atom is 0.338 e. The van der Waals surface area contributed by atoms with Crippen molar-refractivity contribution in [3.63, 3.8) is 0 Å². The molecule has 7 nitrogen and oxygen atoms in total. The molecule has 0 unspecified atom stereocenters. The molecule has 1 aliphatic rings. The smallest absolute Gasteiger partial charge is 0.338 e. The van der Waals surface area contributed by atoms with Gasteiger partial charge in [-0.25, -0.2) is 9.79 Å². The number of para-hydroxylation sites is 1. The predicted molar refractivity (Wildman–Crippen MR) is 145 cm³/mol. The van der Waals surface area contributed by atoms with Crippen LogP contribution in [0.2, 0.25) is 0 Å². The summed E-state index contributed by atoms with van der Waals surface area (Å²) in [4.78, 5) is 32.4. The summed E-state index contributed by atoms with van der Waals surface area (Å²) in [7, 11) is 1.48. The largest absolute Gasteiger partial charge is 0.504 e. The van der Waals surface area contributed by atoms with E-state index in [0.29, 0.717) is 44.3 Å². The number of esters is 1. The third kappa shape index (κ3) is 5.11. The molecule has 8 heteroatoms. The van der Waals surface area contributed by atoms with Gasteiger partial charge in [-0.1, -0.05) is 74.9 Å². The summed E-state index contributed by atoms with van der Waals surface area (Å²) in [6.07, 6.45) is 3.00. The Hall–Kier alpha value is -3.65. The van der Waals surface area contributed by atoms with Crippen molar-refractivity contribution in [2.24, 2.45) is 4.99 Å². The molecule has 1 aromatic heterocycles. The number of thiazole rings is 1. The van der Waals surface area contributed by atoms with E-state index in [9.17, 15) is 14.7 Å². The lowest BCUT2D eigenvalue weighted by Gasteiger charge is -2.26. The number of benzene rings is 2. The molecule has 2 aromatic carbocycles. The number of phenolic OH excluding ortho intramolecular Hbond substituents is 1. The number of phenols is 1. The van der Waals surface area contributed by atoms with Gasteiger partial charge in [0, 0.05) is 5.56 Å². The highest BCUT2D eigenvalue weighted by molar-refractivity contribution is 7.07. The van der Waals surface area contributed by atoms with Crippen LogP contribution in [0, 0.1) is 0 Å². The van der Waals surface area contributed by atoms with Gasteiger partial charge in [-0.05, 0) is 42.5 Å². The monoisotopic (exact) mass is 520 g/mol. The van der Waals surface area contributed by atoms with E-state index in [1.54, 1.807) is 35.8 Å². The number of rotatable bonds is 8. The van der Waals surface area contributed by atoms with E-state index < -0.39 is 12.0 Å². The van der Waals surface area contributed by atoms with Crippen LogP contribution in [0.4, 0.5) is 0 Å². The molecule has 1 N–H and O–H groups in total. The van der Waals surface area contributed by atoms with Gasteiger partial charge in [0.25, 0.3) is 5.56 Å². The zero-order chi connectivity index (χ0) is 26.7. The Labute approximate surface area is 220 Å². The normalized spacial score (nSPS) is 15.5. The highest BCUT2D eigenvalue weighted by atomic mass is 32.1. The minimum Gasteiger partial charge on any atom is -0.504 e. The van der Waals surface area contributed by atoms with Crippen molar-refractivity contribution < 1.29 is 19.4 Å². The van der Waals surface area contributed by atoms with Crippen molar-refractivity contribution in [2.45, 2.75) is 52.5 Å². The lowest BCUT2D eigenvalue weighted by atomic mass is 9.92. The number of fused-ring (bicyclic) bond motifs is 1. The van der Waals surface area contributed by atoms with Crippen molar-refractivity contribution >= 4 is 23.4 Å². The van der Waals surface area contributed by atoms with Gasteiger partial charge < -0.3 is 14.6 Å². The zero-order valence-corrected chi connectivity index (χ0v) is 22.6. The second-order valence-electron chi connectivity index (χ2n) is 9.13. The molecule has 0 bridgehead atoms. The molecule has 4 rings (SSSR count). The SMILES string of the molecule is CCCC1=C(C(=O)OCC)[C@H](c2ccc(C(C)C)cc2)n2c(s/c(=C\c3cccc(OC)c3O)c2=O)=N1. The number of aromatic hydroxyl groups is 1. The average Bonchev–Trinajstić information content (AvgIpc) is 3.19. The standard InChI is InChI=1S/C29H32N2O5S/c1-6-9-21-24(28(34)36-7-2)25(19-14-12-18(13-15-19)17(3)4)31-27(33)23(37-29(31)30-21)16-20-10-8-11-22(35-5)26(20)32/h8,10-17,25,32H,6-7,9H2,1-5H3/b23-16-/t25-/m0/s1. The highest BCUT2D eigenvalue weighted by Crippen LogP contribution is 2.33. The first-order valence-electron chi connectivity index (χ1n) is 12.5. The summed E-state index contributed by atoms with van der Waals surface area (Å²) < 4.78 is 12.6. The molecule has 2 heterocycles. The molecule has 0 aliphatic carbocycles. The number of aromatic nitrogens is 1. The van der Waals surface area contributed by atoms with Gasteiger partial charge in [0.15, 0.2) is 16.3 Å². The minimum atomic E-state index is -0.667. The van der Waals surface area contributed by atoms with E-state index in [0.717, 1.165) is 12.0 Å². The number of ether oxygens (including phenoxy) is 2.